The van der Waals surface area contributed by atoms with E-state index < -0.39 is 17.1 Å². The summed E-state index contributed by atoms with van der Waals surface area (Å²) in [6.07, 6.45) is -3.54. The Morgan fingerprint density at radius 2 is 1.80 bits per heavy atom. The van der Waals surface area contributed by atoms with Crippen LogP contribution in [0, 0.1) is 0 Å². The summed E-state index contributed by atoms with van der Waals surface area (Å²) >= 11 is 0.851. The number of thioether (sulfide) groups is 1. The zero-order chi connectivity index (χ0) is 21.6. The molecule has 0 aliphatic rings. The molecule has 1 aromatic heterocycles. The van der Waals surface area contributed by atoms with E-state index in [0.29, 0.717) is 18.0 Å². The van der Waals surface area contributed by atoms with E-state index in [1.807, 2.05) is 30.3 Å². The number of ether oxygens (including phenoxy) is 1. The molecule has 1 atom stereocenters. The Morgan fingerprint density at radius 1 is 1.10 bits per heavy atom. The number of benzene rings is 2. The fourth-order valence-electron chi connectivity index (χ4n) is 2.39. The van der Waals surface area contributed by atoms with Crippen LogP contribution in [-0.4, -0.2) is 21.1 Å². The molecule has 156 valence electrons. The Kier molecular flexibility index (Phi) is 6.94. The Bertz CT molecular complexity index is 983. The van der Waals surface area contributed by atoms with E-state index >= 15 is 0 Å². The highest BCUT2D eigenvalue weighted by atomic mass is 32.2. The molecule has 0 spiro atoms. The smallest absolute Gasteiger partial charge is 0.433 e. The van der Waals surface area contributed by atoms with Crippen LogP contribution in [0.2, 0.25) is 0 Å². The number of rotatable bonds is 7. The first-order valence-electron chi connectivity index (χ1n) is 8.96. The van der Waals surface area contributed by atoms with Crippen molar-refractivity contribution in [3.8, 4) is 5.75 Å². The first-order valence-corrected chi connectivity index (χ1v) is 9.84. The highest BCUT2D eigenvalue weighted by Crippen LogP contribution is 2.29. The molecule has 0 fully saturated rings. The van der Waals surface area contributed by atoms with Crippen molar-refractivity contribution >= 4 is 23.4 Å². The van der Waals surface area contributed by atoms with E-state index in [2.05, 4.69) is 15.3 Å². The molecule has 5 nitrogen and oxygen atoms in total. The summed E-state index contributed by atoms with van der Waals surface area (Å²) in [7, 11) is 0. The summed E-state index contributed by atoms with van der Waals surface area (Å²) in [5.41, 5.74) is 0.542. The van der Waals surface area contributed by atoms with Gasteiger partial charge >= 0.3 is 6.18 Å². The largest absolute Gasteiger partial charge is 0.489 e. The molecule has 0 aliphatic heterocycles. The number of halogens is 3. The molecule has 2 aromatic carbocycles. The van der Waals surface area contributed by atoms with Gasteiger partial charge in [-0.15, -0.1) is 0 Å². The Hall–Kier alpha value is -3.07. The highest BCUT2D eigenvalue weighted by molar-refractivity contribution is 8.00. The summed E-state index contributed by atoms with van der Waals surface area (Å²) < 4.78 is 43.9. The minimum absolute atomic E-state index is 0.114. The Labute approximate surface area is 175 Å². The van der Waals surface area contributed by atoms with Gasteiger partial charge in [0.25, 0.3) is 0 Å². The molecule has 0 saturated heterocycles. The number of hydrogen-bond donors (Lipinski definition) is 1. The lowest BCUT2D eigenvalue weighted by Crippen LogP contribution is -2.22. The molecular weight excluding hydrogens is 415 g/mol. The maximum atomic E-state index is 12.7. The van der Waals surface area contributed by atoms with E-state index in [1.54, 1.807) is 31.2 Å². The third-order valence-corrected chi connectivity index (χ3v) is 4.92. The van der Waals surface area contributed by atoms with E-state index in [4.69, 9.17) is 4.74 Å². The van der Waals surface area contributed by atoms with Crippen LogP contribution in [0.1, 0.15) is 18.2 Å². The molecule has 3 aromatic rings. The number of carbonyl (C=O) groups is 1. The van der Waals surface area contributed by atoms with Crippen LogP contribution in [0.4, 0.5) is 18.9 Å². The molecule has 0 saturated carbocycles. The van der Waals surface area contributed by atoms with E-state index in [0.717, 1.165) is 29.6 Å². The fraction of sp³-hybridized carbons (Fsp3) is 0.190. The monoisotopic (exact) mass is 433 g/mol. The maximum Gasteiger partial charge on any atom is 0.433 e. The lowest BCUT2D eigenvalue weighted by atomic mass is 10.2. The van der Waals surface area contributed by atoms with Crippen molar-refractivity contribution in [2.24, 2.45) is 0 Å². The predicted octanol–water partition coefficient (Wildman–Crippen LogP) is 5.19. The van der Waals surface area contributed by atoms with Gasteiger partial charge in [0.15, 0.2) is 5.16 Å². The number of anilines is 1. The van der Waals surface area contributed by atoms with Crippen molar-refractivity contribution < 1.29 is 22.7 Å². The van der Waals surface area contributed by atoms with Crippen LogP contribution in [0.25, 0.3) is 0 Å². The first-order chi connectivity index (χ1) is 14.3. The normalized spacial score (nSPS) is 12.3. The molecule has 1 unspecified atom stereocenters. The SMILES string of the molecule is CC(Sc1nccc(C(F)(F)F)n1)C(=O)Nc1ccc(OCc2ccccc2)cc1. The zero-order valence-electron chi connectivity index (χ0n) is 15.9. The molecule has 9 heteroatoms. The summed E-state index contributed by atoms with van der Waals surface area (Å²) in [6.45, 7) is 2.00. The van der Waals surface area contributed by atoms with E-state index in [1.165, 1.54) is 0 Å². The van der Waals surface area contributed by atoms with Crippen LogP contribution < -0.4 is 10.1 Å². The van der Waals surface area contributed by atoms with Gasteiger partial charge in [0.05, 0.1) is 5.25 Å². The number of nitrogens with one attached hydrogen (secondary N) is 1. The van der Waals surface area contributed by atoms with E-state index in [9.17, 15) is 18.0 Å². The fourth-order valence-corrected chi connectivity index (χ4v) is 3.14. The van der Waals surface area contributed by atoms with Crippen LogP contribution in [-0.2, 0) is 17.6 Å². The number of amides is 1. The third-order valence-electron chi connectivity index (χ3n) is 3.95. The van der Waals surface area contributed by atoms with Crippen molar-refractivity contribution in [2.45, 2.75) is 30.1 Å². The summed E-state index contributed by atoms with van der Waals surface area (Å²) in [6, 6.07) is 17.3. The Morgan fingerprint density at radius 3 is 2.47 bits per heavy atom. The summed E-state index contributed by atoms with van der Waals surface area (Å²) in [4.78, 5) is 19.6. The molecule has 0 radical (unpaired) electrons. The quantitative estimate of drug-likeness (QED) is 0.410. The lowest BCUT2D eigenvalue weighted by molar-refractivity contribution is -0.141. The molecule has 0 bridgehead atoms. The van der Waals surface area contributed by atoms with Crippen LogP contribution >= 0.6 is 11.8 Å². The highest BCUT2D eigenvalue weighted by Gasteiger charge is 2.33. The van der Waals surface area contributed by atoms with E-state index in [-0.39, 0.29) is 11.1 Å². The van der Waals surface area contributed by atoms with Crippen molar-refractivity contribution in [2.75, 3.05) is 5.32 Å². The minimum Gasteiger partial charge on any atom is -0.489 e. The molecule has 1 heterocycles. The van der Waals surface area contributed by atoms with Gasteiger partial charge in [0.1, 0.15) is 18.1 Å². The van der Waals surface area contributed by atoms with Crippen LogP contribution in [0.5, 0.6) is 5.75 Å². The topological polar surface area (TPSA) is 64.1 Å². The van der Waals surface area contributed by atoms with Gasteiger partial charge in [-0.25, -0.2) is 9.97 Å². The standard InChI is InChI=1S/C21H18F3N3O2S/c1-14(30-20-25-12-11-18(27-20)21(22,23)24)19(28)26-16-7-9-17(10-8-16)29-13-15-5-3-2-4-6-15/h2-12,14H,13H2,1H3,(H,26,28). The Balaban J connectivity index is 1.54. The first kappa shape index (κ1) is 21.6. The van der Waals surface area contributed by atoms with Crippen molar-refractivity contribution in [3.05, 3.63) is 78.1 Å². The van der Waals surface area contributed by atoms with Gasteiger partial charge in [-0.3, -0.25) is 4.79 Å². The van der Waals surface area contributed by atoms with Gasteiger partial charge in [0.2, 0.25) is 5.91 Å². The predicted molar refractivity (Wildman–Crippen MR) is 108 cm³/mol. The number of nitrogens with zero attached hydrogens (tertiary/aromatic N) is 2. The van der Waals surface area contributed by atoms with Gasteiger partial charge in [-0.2, -0.15) is 13.2 Å². The lowest BCUT2D eigenvalue weighted by Gasteiger charge is -2.13. The second-order valence-electron chi connectivity index (χ2n) is 6.27. The number of carbonyl (C=O) groups excluding carboxylic acids is 1. The molecule has 0 aliphatic carbocycles. The van der Waals surface area contributed by atoms with Gasteiger partial charge in [0, 0.05) is 11.9 Å². The van der Waals surface area contributed by atoms with Crippen molar-refractivity contribution in [1.29, 1.82) is 0 Å². The van der Waals surface area contributed by atoms with Gasteiger partial charge < -0.3 is 10.1 Å². The average Bonchev–Trinajstić information content (AvgIpc) is 2.73. The number of aromatic nitrogens is 2. The molecule has 3 rings (SSSR count). The second kappa shape index (κ2) is 9.62. The summed E-state index contributed by atoms with van der Waals surface area (Å²) in [5.74, 6) is 0.274. The van der Waals surface area contributed by atoms with Gasteiger partial charge in [-0.1, -0.05) is 42.1 Å². The molecule has 30 heavy (non-hydrogen) atoms. The zero-order valence-corrected chi connectivity index (χ0v) is 16.7. The molecular formula is C21H18F3N3O2S. The van der Waals surface area contributed by atoms with Gasteiger partial charge in [-0.05, 0) is 42.8 Å². The molecule has 1 amide bonds. The average molecular weight is 433 g/mol. The van der Waals surface area contributed by atoms with Crippen LogP contribution in [0.3, 0.4) is 0 Å². The molecule has 1 N–H and O–H groups in total. The maximum absolute atomic E-state index is 12.7. The van der Waals surface area contributed by atoms with Crippen molar-refractivity contribution in [1.82, 2.24) is 9.97 Å². The minimum atomic E-state index is -4.56. The van der Waals surface area contributed by atoms with Crippen LogP contribution in [0.15, 0.2) is 72.0 Å². The second-order valence-corrected chi connectivity index (χ2v) is 7.58. The third kappa shape index (κ3) is 6.21. The van der Waals surface area contributed by atoms with Crippen molar-refractivity contribution in [3.63, 3.8) is 0 Å². The number of alkyl halides is 3. The summed E-state index contributed by atoms with van der Waals surface area (Å²) in [5, 5.41) is 1.91. The number of hydrogen-bond acceptors (Lipinski definition) is 5.